The van der Waals surface area contributed by atoms with Crippen LogP contribution >= 0.6 is 0 Å². The average molecular weight is 408 g/mol. The molecule has 2 aliphatic carbocycles. The van der Waals surface area contributed by atoms with Crippen LogP contribution in [-0.4, -0.2) is 43.3 Å². The molecule has 1 heterocycles. The summed E-state index contributed by atoms with van der Waals surface area (Å²) in [6.07, 6.45) is 2.24. The highest BCUT2D eigenvalue weighted by molar-refractivity contribution is 5.99. The van der Waals surface area contributed by atoms with Gasteiger partial charge in [-0.3, -0.25) is 4.79 Å². The molecule has 0 bridgehead atoms. The number of hydrogen-bond acceptors (Lipinski definition) is 4. The third-order valence-electron chi connectivity index (χ3n) is 7.00. The molecule has 1 amide bonds. The number of fused-ring (bicyclic) bond motifs is 1. The van der Waals surface area contributed by atoms with Gasteiger partial charge in [0.1, 0.15) is 11.6 Å². The van der Waals surface area contributed by atoms with Gasteiger partial charge < -0.3 is 15.0 Å². The number of carbonyl (C=O) groups excluding carboxylic acids is 1. The summed E-state index contributed by atoms with van der Waals surface area (Å²) in [7, 11) is 1.73. The standard InChI is InChI=1S/C25H33N3O2/c1-15(2)21(16(3)23(26-5)27-25(4)11-12-25)24(29)28-13-18-19(14-28)22(18)17-9-7-8-10-20(17)30-6/h7-10,18-19,22,27H,5,11-14H2,1-4,6H3/b23-16-. The summed E-state index contributed by atoms with van der Waals surface area (Å²) in [5, 5.41) is 3.49. The third kappa shape index (κ3) is 3.66. The fourth-order valence-electron chi connectivity index (χ4n) is 4.97. The maximum absolute atomic E-state index is 13.5. The Bertz CT molecular complexity index is 925. The van der Waals surface area contributed by atoms with E-state index in [-0.39, 0.29) is 11.4 Å². The fraction of sp³-hybridized carbons (Fsp3) is 0.520. The van der Waals surface area contributed by atoms with Gasteiger partial charge in [-0.15, -0.1) is 0 Å². The number of aliphatic imine (C=N–C) groups is 1. The van der Waals surface area contributed by atoms with Crippen molar-refractivity contribution in [3.8, 4) is 5.75 Å². The zero-order valence-electron chi connectivity index (χ0n) is 18.8. The molecular formula is C25H33N3O2. The monoisotopic (exact) mass is 407 g/mol. The Kier molecular flexibility index (Phi) is 5.25. The Labute approximate surface area is 179 Å². The Morgan fingerprint density at radius 1 is 1.20 bits per heavy atom. The van der Waals surface area contributed by atoms with Crippen molar-refractivity contribution in [1.29, 1.82) is 0 Å². The van der Waals surface area contributed by atoms with Gasteiger partial charge in [0.25, 0.3) is 5.91 Å². The minimum atomic E-state index is 0.0881. The van der Waals surface area contributed by atoms with Crippen molar-refractivity contribution in [2.45, 2.75) is 52.0 Å². The molecule has 1 aromatic carbocycles. The van der Waals surface area contributed by atoms with Crippen molar-refractivity contribution in [3.05, 3.63) is 52.4 Å². The van der Waals surface area contributed by atoms with E-state index in [0.717, 1.165) is 54.2 Å². The van der Waals surface area contributed by atoms with E-state index in [4.69, 9.17) is 4.74 Å². The van der Waals surface area contributed by atoms with Gasteiger partial charge in [-0.05, 0) is 76.6 Å². The number of likely N-dealkylation sites (tertiary alicyclic amines) is 1. The summed E-state index contributed by atoms with van der Waals surface area (Å²) < 4.78 is 5.55. The van der Waals surface area contributed by atoms with Crippen LogP contribution in [0.5, 0.6) is 5.75 Å². The highest BCUT2D eigenvalue weighted by atomic mass is 16.5. The first-order valence-corrected chi connectivity index (χ1v) is 10.9. The minimum absolute atomic E-state index is 0.0881. The maximum Gasteiger partial charge on any atom is 0.254 e. The van der Waals surface area contributed by atoms with Crippen LogP contribution in [-0.2, 0) is 4.79 Å². The second-order valence-corrected chi connectivity index (χ2v) is 9.50. The molecule has 5 heteroatoms. The van der Waals surface area contributed by atoms with Crippen molar-refractivity contribution in [1.82, 2.24) is 10.2 Å². The first kappa shape index (κ1) is 20.7. The van der Waals surface area contributed by atoms with Crippen LogP contribution in [0.1, 0.15) is 52.0 Å². The molecular weight excluding hydrogens is 374 g/mol. The first-order chi connectivity index (χ1) is 14.3. The van der Waals surface area contributed by atoms with E-state index in [1.165, 1.54) is 5.56 Å². The molecule has 3 fully saturated rings. The highest BCUT2D eigenvalue weighted by Crippen LogP contribution is 2.60. The van der Waals surface area contributed by atoms with Crippen LogP contribution in [0.4, 0.5) is 0 Å². The second kappa shape index (κ2) is 7.60. The molecule has 0 aromatic heterocycles. The van der Waals surface area contributed by atoms with Gasteiger partial charge in [-0.2, -0.15) is 0 Å². The minimum Gasteiger partial charge on any atom is -0.496 e. The van der Waals surface area contributed by atoms with E-state index in [0.29, 0.717) is 17.8 Å². The maximum atomic E-state index is 13.5. The number of nitrogens with one attached hydrogen (secondary N) is 1. The lowest BCUT2D eigenvalue weighted by atomic mass is 10.00. The van der Waals surface area contributed by atoms with Crippen LogP contribution in [0.3, 0.4) is 0 Å². The Morgan fingerprint density at radius 2 is 1.83 bits per heavy atom. The van der Waals surface area contributed by atoms with Crippen molar-refractivity contribution in [2.75, 3.05) is 20.2 Å². The summed E-state index contributed by atoms with van der Waals surface area (Å²) in [5.74, 6) is 3.35. The lowest BCUT2D eigenvalue weighted by Gasteiger charge is -2.24. The van der Waals surface area contributed by atoms with Crippen LogP contribution in [0, 0.1) is 11.8 Å². The van der Waals surface area contributed by atoms with E-state index in [2.05, 4.69) is 36.1 Å². The fourth-order valence-corrected chi connectivity index (χ4v) is 4.97. The van der Waals surface area contributed by atoms with Crippen LogP contribution < -0.4 is 10.1 Å². The topological polar surface area (TPSA) is 53.9 Å². The van der Waals surface area contributed by atoms with E-state index in [1.54, 1.807) is 7.11 Å². The normalized spacial score (nSPS) is 26.3. The van der Waals surface area contributed by atoms with E-state index >= 15 is 0 Å². The smallest absolute Gasteiger partial charge is 0.254 e. The SMILES string of the molecule is C=N/C(NC1(C)CC1)=C(\C)C(C(=O)N1CC2C(C1)C2c1ccccc1OC)=C(C)C. The summed E-state index contributed by atoms with van der Waals surface area (Å²) in [4.78, 5) is 19.7. The predicted octanol–water partition coefficient (Wildman–Crippen LogP) is 4.28. The molecule has 1 aromatic rings. The summed E-state index contributed by atoms with van der Waals surface area (Å²) in [6.45, 7) is 13.5. The number of nitrogens with zero attached hydrogens (tertiary/aromatic N) is 2. The molecule has 5 nitrogen and oxygen atoms in total. The molecule has 1 saturated heterocycles. The van der Waals surface area contributed by atoms with Gasteiger partial charge in [0.15, 0.2) is 0 Å². The predicted molar refractivity (Wildman–Crippen MR) is 121 cm³/mol. The molecule has 160 valence electrons. The Morgan fingerprint density at radius 3 is 2.37 bits per heavy atom. The molecule has 0 radical (unpaired) electrons. The lowest BCUT2D eigenvalue weighted by molar-refractivity contribution is -0.126. The highest BCUT2D eigenvalue weighted by Gasteiger charge is 2.58. The number of piperidine rings is 1. The van der Waals surface area contributed by atoms with Gasteiger partial charge in [0, 0.05) is 29.8 Å². The number of methoxy groups -OCH3 is 1. The average Bonchev–Trinajstić information content (AvgIpc) is 3.58. The molecule has 4 rings (SSSR count). The number of benzene rings is 1. The van der Waals surface area contributed by atoms with E-state index < -0.39 is 0 Å². The molecule has 1 N–H and O–H groups in total. The summed E-state index contributed by atoms with van der Waals surface area (Å²) in [6, 6.07) is 8.27. The lowest BCUT2D eigenvalue weighted by Crippen LogP contribution is -2.34. The number of rotatable bonds is 7. The van der Waals surface area contributed by atoms with Crippen LogP contribution in [0.15, 0.2) is 51.8 Å². The van der Waals surface area contributed by atoms with Gasteiger partial charge in [-0.25, -0.2) is 4.99 Å². The Hall–Kier alpha value is -2.56. The van der Waals surface area contributed by atoms with E-state index in [9.17, 15) is 4.79 Å². The third-order valence-corrected chi connectivity index (χ3v) is 7.00. The van der Waals surface area contributed by atoms with Gasteiger partial charge >= 0.3 is 0 Å². The summed E-state index contributed by atoms with van der Waals surface area (Å²) in [5.41, 5.74) is 4.04. The molecule has 3 aliphatic rings. The molecule has 2 atom stereocenters. The number of amides is 1. The zero-order valence-corrected chi connectivity index (χ0v) is 18.8. The Balaban J connectivity index is 1.49. The molecule has 0 spiro atoms. The van der Waals surface area contributed by atoms with Crippen molar-refractivity contribution < 1.29 is 9.53 Å². The quantitative estimate of drug-likeness (QED) is 0.417. The van der Waals surface area contributed by atoms with Crippen molar-refractivity contribution >= 4 is 12.6 Å². The van der Waals surface area contributed by atoms with Gasteiger partial charge in [0.2, 0.25) is 0 Å². The first-order valence-electron chi connectivity index (χ1n) is 10.9. The number of carbonyl (C=O) groups is 1. The number of ether oxygens (including phenoxy) is 1. The molecule has 2 saturated carbocycles. The van der Waals surface area contributed by atoms with Crippen LogP contribution in [0.25, 0.3) is 0 Å². The number of para-hydroxylation sites is 1. The number of allylic oxidation sites excluding steroid dienone is 1. The molecule has 1 aliphatic heterocycles. The molecule has 2 unspecified atom stereocenters. The van der Waals surface area contributed by atoms with Crippen molar-refractivity contribution in [2.24, 2.45) is 16.8 Å². The second-order valence-electron chi connectivity index (χ2n) is 9.50. The zero-order chi connectivity index (χ0) is 21.6. The van der Waals surface area contributed by atoms with Crippen molar-refractivity contribution in [3.63, 3.8) is 0 Å². The van der Waals surface area contributed by atoms with Crippen LogP contribution in [0.2, 0.25) is 0 Å². The summed E-state index contributed by atoms with van der Waals surface area (Å²) >= 11 is 0. The molecule has 30 heavy (non-hydrogen) atoms. The van der Waals surface area contributed by atoms with Gasteiger partial charge in [-0.1, -0.05) is 23.8 Å². The van der Waals surface area contributed by atoms with E-state index in [1.807, 2.05) is 37.8 Å². The number of hydrogen-bond donors (Lipinski definition) is 1. The van der Waals surface area contributed by atoms with Gasteiger partial charge in [0.05, 0.1) is 7.11 Å². The largest absolute Gasteiger partial charge is 0.496 e.